The maximum absolute atomic E-state index is 11.5. The van der Waals surface area contributed by atoms with Gasteiger partial charge in [0.05, 0.1) is 7.11 Å². The first-order valence-corrected chi connectivity index (χ1v) is 5.38. The van der Waals surface area contributed by atoms with Crippen LogP contribution in [-0.4, -0.2) is 19.1 Å². The number of benzene rings is 1. The molecule has 0 unspecified atom stereocenters. The van der Waals surface area contributed by atoms with Crippen molar-refractivity contribution in [2.45, 2.75) is 12.5 Å². The SMILES string of the molecule is C=CC[C@H](NC(=C)c1ccccc1)C(=O)OC. The maximum atomic E-state index is 11.5. The van der Waals surface area contributed by atoms with Gasteiger partial charge in [-0.25, -0.2) is 4.79 Å². The van der Waals surface area contributed by atoms with Crippen LogP contribution in [0.15, 0.2) is 49.6 Å². The van der Waals surface area contributed by atoms with E-state index in [4.69, 9.17) is 4.74 Å². The molecule has 17 heavy (non-hydrogen) atoms. The van der Waals surface area contributed by atoms with E-state index in [1.54, 1.807) is 6.08 Å². The van der Waals surface area contributed by atoms with Crippen molar-refractivity contribution >= 4 is 11.7 Å². The van der Waals surface area contributed by atoms with Crippen LogP contribution in [0.1, 0.15) is 12.0 Å². The summed E-state index contributed by atoms with van der Waals surface area (Å²) < 4.78 is 4.71. The molecule has 3 heteroatoms. The topological polar surface area (TPSA) is 38.3 Å². The molecule has 0 amide bonds. The van der Waals surface area contributed by atoms with Gasteiger partial charge in [-0.05, 0) is 12.0 Å². The molecule has 0 aliphatic carbocycles. The molecule has 0 saturated carbocycles. The van der Waals surface area contributed by atoms with E-state index in [-0.39, 0.29) is 5.97 Å². The molecule has 0 aromatic heterocycles. The second kappa shape index (κ2) is 6.53. The van der Waals surface area contributed by atoms with Gasteiger partial charge in [0, 0.05) is 5.70 Å². The number of hydrogen-bond donors (Lipinski definition) is 1. The zero-order valence-corrected chi connectivity index (χ0v) is 9.98. The molecule has 1 N–H and O–H groups in total. The average molecular weight is 231 g/mol. The van der Waals surface area contributed by atoms with Crippen LogP contribution in [0, 0.1) is 0 Å². The van der Waals surface area contributed by atoms with Crippen molar-refractivity contribution < 1.29 is 9.53 Å². The van der Waals surface area contributed by atoms with Crippen LogP contribution in [0.2, 0.25) is 0 Å². The summed E-state index contributed by atoms with van der Waals surface area (Å²) in [5.74, 6) is -0.318. The summed E-state index contributed by atoms with van der Waals surface area (Å²) in [6.45, 7) is 7.53. The van der Waals surface area contributed by atoms with Crippen LogP contribution in [0.4, 0.5) is 0 Å². The van der Waals surface area contributed by atoms with E-state index in [0.717, 1.165) is 5.56 Å². The Bertz CT molecular complexity index is 398. The second-order valence-electron chi connectivity index (χ2n) is 3.59. The third kappa shape index (κ3) is 3.79. The summed E-state index contributed by atoms with van der Waals surface area (Å²) in [6, 6.07) is 9.18. The Kier molecular flexibility index (Phi) is 5.01. The zero-order chi connectivity index (χ0) is 12.7. The van der Waals surface area contributed by atoms with Crippen LogP contribution in [0.3, 0.4) is 0 Å². The van der Waals surface area contributed by atoms with Gasteiger partial charge in [-0.15, -0.1) is 6.58 Å². The molecule has 0 radical (unpaired) electrons. The van der Waals surface area contributed by atoms with E-state index < -0.39 is 6.04 Å². The number of nitrogens with one attached hydrogen (secondary N) is 1. The Balaban J connectivity index is 2.71. The second-order valence-corrected chi connectivity index (χ2v) is 3.59. The van der Waals surface area contributed by atoms with Crippen LogP contribution < -0.4 is 5.32 Å². The highest BCUT2D eigenvalue weighted by molar-refractivity contribution is 5.78. The lowest BCUT2D eigenvalue weighted by molar-refractivity contribution is -0.142. The Labute approximate surface area is 102 Å². The molecule has 0 saturated heterocycles. The lowest BCUT2D eigenvalue weighted by Crippen LogP contribution is -2.35. The third-order valence-corrected chi connectivity index (χ3v) is 2.36. The van der Waals surface area contributed by atoms with Crippen LogP contribution in [0.5, 0.6) is 0 Å². The Morgan fingerprint density at radius 3 is 2.65 bits per heavy atom. The van der Waals surface area contributed by atoms with Gasteiger partial charge in [0.2, 0.25) is 0 Å². The summed E-state index contributed by atoms with van der Waals surface area (Å²) in [4.78, 5) is 11.5. The lowest BCUT2D eigenvalue weighted by Gasteiger charge is -2.17. The van der Waals surface area contributed by atoms with Crippen molar-refractivity contribution in [1.29, 1.82) is 0 Å². The fourth-order valence-electron chi connectivity index (χ4n) is 1.46. The van der Waals surface area contributed by atoms with Crippen molar-refractivity contribution in [2.75, 3.05) is 7.11 Å². The molecular formula is C14H17NO2. The molecule has 0 fully saturated rings. The van der Waals surface area contributed by atoms with Crippen molar-refractivity contribution in [3.8, 4) is 0 Å². The average Bonchev–Trinajstić information content (AvgIpc) is 2.38. The van der Waals surface area contributed by atoms with E-state index in [0.29, 0.717) is 12.1 Å². The Hall–Kier alpha value is -2.03. The summed E-state index contributed by atoms with van der Waals surface area (Å²) in [5, 5.41) is 3.04. The standard InChI is InChI=1S/C14H17NO2/c1-4-8-13(14(16)17-3)15-11(2)12-9-6-5-7-10-12/h4-7,9-10,13,15H,1-2,8H2,3H3/t13-/m0/s1. The van der Waals surface area contributed by atoms with Crippen LogP contribution in [0.25, 0.3) is 5.70 Å². The molecule has 1 atom stereocenters. The lowest BCUT2D eigenvalue weighted by atomic mass is 10.1. The monoisotopic (exact) mass is 231 g/mol. The fourth-order valence-corrected chi connectivity index (χ4v) is 1.46. The molecule has 0 aliphatic heterocycles. The van der Waals surface area contributed by atoms with Gasteiger partial charge in [0.1, 0.15) is 6.04 Å². The van der Waals surface area contributed by atoms with E-state index in [9.17, 15) is 4.79 Å². The largest absolute Gasteiger partial charge is 0.467 e. The normalized spacial score (nSPS) is 11.4. The molecule has 1 rings (SSSR count). The summed E-state index contributed by atoms with van der Waals surface area (Å²) in [6.07, 6.45) is 2.17. The number of carbonyl (C=O) groups excluding carboxylic acids is 1. The highest BCUT2D eigenvalue weighted by Crippen LogP contribution is 2.10. The summed E-state index contributed by atoms with van der Waals surface area (Å²) in [7, 11) is 1.37. The third-order valence-electron chi connectivity index (χ3n) is 2.36. The minimum absolute atomic E-state index is 0.318. The molecule has 1 aromatic rings. The van der Waals surface area contributed by atoms with Crippen molar-refractivity contribution in [1.82, 2.24) is 5.32 Å². The van der Waals surface area contributed by atoms with Gasteiger partial charge in [-0.1, -0.05) is 43.0 Å². The van der Waals surface area contributed by atoms with Crippen molar-refractivity contribution in [3.63, 3.8) is 0 Å². The highest BCUT2D eigenvalue weighted by Gasteiger charge is 2.17. The molecule has 90 valence electrons. The highest BCUT2D eigenvalue weighted by atomic mass is 16.5. The molecule has 0 heterocycles. The van der Waals surface area contributed by atoms with Gasteiger partial charge in [-0.3, -0.25) is 0 Å². The van der Waals surface area contributed by atoms with Crippen LogP contribution in [-0.2, 0) is 9.53 Å². The van der Waals surface area contributed by atoms with Gasteiger partial charge >= 0.3 is 5.97 Å². The molecule has 1 aromatic carbocycles. The van der Waals surface area contributed by atoms with Crippen molar-refractivity contribution in [3.05, 3.63) is 55.1 Å². The van der Waals surface area contributed by atoms with Crippen molar-refractivity contribution in [2.24, 2.45) is 0 Å². The summed E-state index contributed by atoms with van der Waals surface area (Å²) in [5.41, 5.74) is 1.65. The quantitative estimate of drug-likeness (QED) is 0.603. The van der Waals surface area contributed by atoms with Crippen LogP contribution >= 0.6 is 0 Å². The maximum Gasteiger partial charge on any atom is 0.328 e. The number of ether oxygens (including phenoxy) is 1. The van der Waals surface area contributed by atoms with Gasteiger partial charge in [0.25, 0.3) is 0 Å². The minimum atomic E-state index is -0.440. The summed E-state index contributed by atoms with van der Waals surface area (Å²) >= 11 is 0. The van der Waals surface area contributed by atoms with E-state index >= 15 is 0 Å². The van der Waals surface area contributed by atoms with Gasteiger partial charge in [0.15, 0.2) is 0 Å². The number of hydrogen-bond acceptors (Lipinski definition) is 3. The Morgan fingerprint density at radius 2 is 2.12 bits per heavy atom. The first-order valence-electron chi connectivity index (χ1n) is 5.38. The van der Waals surface area contributed by atoms with E-state index in [2.05, 4.69) is 18.5 Å². The van der Waals surface area contributed by atoms with Gasteiger partial charge < -0.3 is 10.1 Å². The molecule has 3 nitrogen and oxygen atoms in total. The number of methoxy groups -OCH3 is 1. The smallest absolute Gasteiger partial charge is 0.328 e. The van der Waals surface area contributed by atoms with Gasteiger partial charge in [-0.2, -0.15) is 0 Å². The predicted molar refractivity (Wildman–Crippen MR) is 69.2 cm³/mol. The molecule has 0 spiro atoms. The first-order chi connectivity index (χ1) is 8.19. The van der Waals surface area contributed by atoms with E-state index in [1.165, 1.54) is 7.11 Å². The Morgan fingerprint density at radius 1 is 1.47 bits per heavy atom. The number of carbonyl (C=O) groups is 1. The number of rotatable bonds is 6. The molecule has 0 aliphatic rings. The minimum Gasteiger partial charge on any atom is -0.467 e. The fraction of sp³-hybridized carbons (Fsp3) is 0.214. The molecule has 0 bridgehead atoms. The van der Waals surface area contributed by atoms with E-state index in [1.807, 2.05) is 30.3 Å². The molecular weight excluding hydrogens is 214 g/mol. The first kappa shape index (κ1) is 13.0. The predicted octanol–water partition coefficient (Wildman–Crippen LogP) is 2.36. The number of esters is 1. The zero-order valence-electron chi connectivity index (χ0n) is 9.98.